The number of rotatable bonds is 1. The second kappa shape index (κ2) is 4.33. The number of benzene rings is 1. The zero-order valence-corrected chi connectivity index (χ0v) is 10.5. The maximum atomic E-state index is 6.04. The van der Waals surface area contributed by atoms with Gasteiger partial charge in [0.15, 0.2) is 5.82 Å². The normalized spacial score (nSPS) is 18.5. The predicted molar refractivity (Wildman–Crippen MR) is 75.1 cm³/mol. The molecular weight excluding hydrogens is 222 g/mol. The van der Waals surface area contributed by atoms with Crippen molar-refractivity contribution in [2.75, 3.05) is 17.2 Å². The number of hydrogen-bond donors (Lipinski definition) is 1. The average Bonchev–Trinajstić information content (AvgIpc) is 2.41. The molecular formula is C15H17N3. The van der Waals surface area contributed by atoms with Crippen molar-refractivity contribution in [3.63, 3.8) is 0 Å². The first-order chi connectivity index (χ1) is 8.77. The summed E-state index contributed by atoms with van der Waals surface area (Å²) < 4.78 is 0. The van der Waals surface area contributed by atoms with E-state index in [2.05, 4.69) is 41.1 Å². The molecule has 1 aromatic heterocycles. The maximum absolute atomic E-state index is 6.04. The first-order valence-electron chi connectivity index (χ1n) is 6.34. The molecule has 2 aromatic rings. The Morgan fingerprint density at radius 2 is 2.06 bits per heavy atom. The molecule has 0 unspecified atom stereocenters. The molecule has 0 saturated heterocycles. The van der Waals surface area contributed by atoms with Crippen molar-refractivity contribution in [2.45, 2.75) is 19.3 Å². The van der Waals surface area contributed by atoms with Crippen LogP contribution in [0.3, 0.4) is 0 Å². The van der Waals surface area contributed by atoms with Gasteiger partial charge >= 0.3 is 0 Å². The number of nitrogens with two attached hydrogens (primary N) is 1. The van der Waals surface area contributed by atoms with Crippen molar-refractivity contribution < 1.29 is 0 Å². The van der Waals surface area contributed by atoms with E-state index in [4.69, 9.17) is 5.73 Å². The van der Waals surface area contributed by atoms with Gasteiger partial charge in [-0.25, -0.2) is 4.98 Å². The molecule has 2 heterocycles. The molecule has 1 aliphatic rings. The quantitative estimate of drug-likeness (QED) is 0.830. The van der Waals surface area contributed by atoms with Crippen molar-refractivity contribution >= 4 is 17.2 Å². The van der Waals surface area contributed by atoms with Crippen molar-refractivity contribution in [2.24, 2.45) is 0 Å². The summed E-state index contributed by atoms with van der Waals surface area (Å²) in [5.74, 6) is 1.47. The number of fused-ring (bicyclic) bond motifs is 1. The van der Waals surface area contributed by atoms with E-state index >= 15 is 0 Å². The van der Waals surface area contributed by atoms with Crippen LogP contribution in [0.1, 0.15) is 24.8 Å². The molecule has 1 aromatic carbocycles. The lowest BCUT2D eigenvalue weighted by Crippen LogP contribution is -2.27. The third-order valence-electron chi connectivity index (χ3n) is 3.62. The topological polar surface area (TPSA) is 42.2 Å². The molecule has 0 amide bonds. The van der Waals surface area contributed by atoms with E-state index in [-0.39, 0.29) is 0 Å². The van der Waals surface area contributed by atoms with E-state index in [1.54, 1.807) is 6.20 Å². The molecule has 92 valence electrons. The minimum absolute atomic E-state index is 0.599. The van der Waals surface area contributed by atoms with Crippen molar-refractivity contribution in [1.29, 1.82) is 0 Å². The average molecular weight is 239 g/mol. The molecule has 0 spiro atoms. The van der Waals surface area contributed by atoms with Gasteiger partial charge in [0.1, 0.15) is 0 Å². The number of para-hydroxylation sites is 1. The van der Waals surface area contributed by atoms with Crippen LogP contribution in [0.5, 0.6) is 0 Å². The van der Waals surface area contributed by atoms with Crippen molar-refractivity contribution in [1.82, 2.24) is 4.98 Å². The lowest BCUT2D eigenvalue weighted by molar-refractivity contribution is 0.647. The minimum atomic E-state index is 0.599. The maximum Gasteiger partial charge on any atom is 0.156 e. The number of aromatic nitrogens is 1. The van der Waals surface area contributed by atoms with Gasteiger partial charge in [0.05, 0.1) is 5.69 Å². The van der Waals surface area contributed by atoms with Gasteiger partial charge in [-0.15, -0.1) is 0 Å². The highest BCUT2D eigenvalue weighted by atomic mass is 15.2. The van der Waals surface area contributed by atoms with Gasteiger partial charge in [0.2, 0.25) is 0 Å². The van der Waals surface area contributed by atoms with Gasteiger partial charge in [-0.2, -0.15) is 0 Å². The molecule has 0 saturated carbocycles. The van der Waals surface area contributed by atoms with E-state index in [0.717, 1.165) is 24.5 Å². The predicted octanol–water partition coefficient (Wildman–Crippen LogP) is 3.31. The zero-order chi connectivity index (χ0) is 12.5. The van der Waals surface area contributed by atoms with Crippen LogP contribution in [0.4, 0.5) is 17.2 Å². The van der Waals surface area contributed by atoms with E-state index in [1.165, 1.54) is 11.3 Å². The standard InChI is InChI=1S/C15H17N3/c1-11-8-10-18(14-7-3-2-5-12(11)14)15-13(16)6-4-9-17-15/h2-7,9,11H,8,10,16H2,1H3/t11-/m0/s1. The lowest BCUT2D eigenvalue weighted by atomic mass is 9.91. The van der Waals surface area contributed by atoms with Crippen LogP contribution in [0, 0.1) is 0 Å². The summed E-state index contributed by atoms with van der Waals surface area (Å²) in [5, 5.41) is 0. The highest BCUT2D eigenvalue weighted by Gasteiger charge is 2.24. The second-order valence-electron chi connectivity index (χ2n) is 4.82. The van der Waals surface area contributed by atoms with Crippen LogP contribution in [0.25, 0.3) is 0 Å². The summed E-state index contributed by atoms with van der Waals surface area (Å²) in [6.45, 7) is 3.25. The van der Waals surface area contributed by atoms with Crippen molar-refractivity contribution in [3.8, 4) is 0 Å². The summed E-state index contributed by atoms with van der Waals surface area (Å²) in [6.07, 6.45) is 2.93. The summed E-state index contributed by atoms with van der Waals surface area (Å²) in [5.41, 5.74) is 9.40. The Bertz CT molecular complexity index is 565. The molecule has 0 fully saturated rings. The summed E-state index contributed by atoms with van der Waals surface area (Å²) >= 11 is 0. The number of anilines is 3. The second-order valence-corrected chi connectivity index (χ2v) is 4.82. The number of pyridine rings is 1. The molecule has 0 radical (unpaired) electrons. The number of hydrogen-bond acceptors (Lipinski definition) is 3. The smallest absolute Gasteiger partial charge is 0.156 e. The molecule has 1 aliphatic heterocycles. The number of nitrogens with zero attached hydrogens (tertiary/aromatic N) is 2. The molecule has 0 bridgehead atoms. The monoisotopic (exact) mass is 239 g/mol. The first-order valence-corrected chi connectivity index (χ1v) is 6.34. The molecule has 3 rings (SSSR count). The zero-order valence-electron chi connectivity index (χ0n) is 10.5. The van der Waals surface area contributed by atoms with Gasteiger partial charge in [0, 0.05) is 18.4 Å². The van der Waals surface area contributed by atoms with E-state index in [0.29, 0.717) is 5.92 Å². The Morgan fingerprint density at radius 1 is 1.22 bits per heavy atom. The third kappa shape index (κ3) is 1.72. The highest BCUT2D eigenvalue weighted by Crippen LogP contribution is 2.39. The van der Waals surface area contributed by atoms with Crippen molar-refractivity contribution in [3.05, 3.63) is 48.2 Å². The molecule has 0 aliphatic carbocycles. The molecule has 18 heavy (non-hydrogen) atoms. The van der Waals surface area contributed by atoms with Crippen LogP contribution < -0.4 is 10.6 Å². The molecule has 1 atom stereocenters. The number of nitrogen functional groups attached to an aromatic ring is 1. The Kier molecular flexibility index (Phi) is 2.67. The van der Waals surface area contributed by atoms with E-state index < -0.39 is 0 Å². The van der Waals surface area contributed by atoms with Gasteiger partial charge in [-0.1, -0.05) is 25.1 Å². The van der Waals surface area contributed by atoms with E-state index in [1.807, 2.05) is 12.1 Å². The Morgan fingerprint density at radius 3 is 2.89 bits per heavy atom. The first kappa shape index (κ1) is 11.1. The minimum Gasteiger partial charge on any atom is -0.396 e. The molecule has 3 nitrogen and oxygen atoms in total. The Balaban J connectivity index is 2.11. The van der Waals surface area contributed by atoms with Gasteiger partial charge in [0.25, 0.3) is 0 Å². The van der Waals surface area contributed by atoms with Crippen LogP contribution in [-0.2, 0) is 0 Å². The molecule has 2 N–H and O–H groups in total. The largest absolute Gasteiger partial charge is 0.396 e. The van der Waals surface area contributed by atoms with Gasteiger partial charge < -0.3 is 10.6 Å². The summed E-state index contributed by atoms with van der Waals surface area (Å²) in [6, 6.07) is 12.3. The Hall–Kier alpha value is -2.03. The van der Waals surface area contributed by atoms with Gasteiger partial charge in [-0.3, -0.25) is 0 Å². The summed E-state index contributed by atoms with van der Waals surface area (Å²) in [7, 11) is 0. The third-order valence-corrected chi connectivity index (χ3v) is 3.62. The van der Waals surface area contributed by atoms with Crippen LogP contribution in [0.15, 0.2) is 42.6 Å². The Labute approximate surface area is 107 Å². The summed E-state index contributed by atoms with van der Waals surface area (Å²) in [4.78, 5) is 6.65. The van der Waals surface area contributed by atoms with Gasteiger partial charge in [-0.05, 0) is 36.1 Å². The van der Waals surface area contributed by atoms with Crippen LogP contribution in [0.2, 0.25) is 0 Å². The highest BCUT2D eigenvalue weighted by molar-refractivity contribution is 5.74. The van der Waals surface area contributed by atoms with E-state index in [9.17, 15) is 0 Å². The fraction of sp³-hybridized carbons (Fsp3) is 0.267. The molecule has 3 heteroatoms. The lowest BCUT2D eigenvalue weighted by Gasteiger charge is -2.34. The van der Waals surface area contributed by atoms with Crippen LogP contribution >= 0.6 is 0 Å². The fourth-order valence-corrected chi connectivity index (χ4v) is 2.60. The van der Waals surface area contributed by atoms with Crippen LogP contribution in [-0.4, -0.2) is 11.5 Å². The fourth-order valence-electron chi connectivity index (χ4n) is 2.60. The SMILES string of the molecule is C[C@H]1CCN(c2ncccc2N)c2ccccc21.